The van der Waals surface area contributed by atoms with Crippen molar-refractivity contribution in [1.29, 1.82) is 0 Å². The molecule has 0 bridgehead atoms. The summed E-state index contributed by atoms with van der Waals surface area (Å²) in [4.78, 5) is 11.6. The lowest BCUT2D eigenvalue weighted by Gasteiger charge is -2.12. The first-order valence-electron chi connectivity index (χ1n) is 8.73. The number of carbonyl (C=O) groups is 1. The molecule has 1 radical (unpaired) electrons. The van der Waals surface area contributed by atoms with Gasteiger partial charge in [0.05, 0.1) is 6.61 Å². The van der Waals surface area contributed by atoms with E-state index in [0.717, 1.165) is 25.2 Å². The van der Waals surface area contributed by atoms with Crippen molar-refractivity contribution in [1.82, 2.24) is 5.32 Å². The van der Waals surface area contributed by atoms with E-state index in [1.807, 2.05) is 18.2 Å². The minimum Gasteiger partial charge on any atom is -0.448 e. The maximum absolute atomic E-state index is 11.6. The van der Waals surface area contributed by atoms with E-state index in [4.69, 9.17) is 4.74 Å². The molecule has 1 aliphatic carbocycles. The van der Waals surface area contributed by atoms with E-state index < -0.39 is 0 Å². The van der Waals surface area contributed by atoms with Gasteiger partial charge in [-0.2, -0.15) is 0 Å². The number of hydrogen-bond donors (Lipinski definition) is 0. The maximum atomic E-state index is 11.6. The number of hydrogen-bond acceptors (Lipinski definition) is 2. The molecule has 0 N–H and O–H groups in total. The first-order chi connectivity index (χ1) is 10.8. The SMILES string of the molecule is O=C([N]CCC1CCCCCC1)OCCCc1ccccc1. The average molecular weight is 302 g/mol. The molecule has 0 aliphatic heterocycles. The standard InChI is InChI=1S/C19H28NO2/c21-19(20-15-14-18-11-4-1-2-5-12-18)22-16-8-13-17-9-6-3-7-10-17/h3,6-7,9-10,18H,1-2,4-5,8,11-16H2. The number of ether oxygens (including phenoxy) is 1. The van der Waals surface area contributed by atoms with Gasteiger partial charge in [0.2, 0.25) is 0 Å². The molecule has 1 aromatic carbocycles. The highest BCUT2D eigenvalue weighted by Gasteiger charge is 2.13. The molecule has 0 atom stereocenters. The van der Waals surface area contributed by atoms with Crippen LogP contribution in [0.4, 0.5) is 4.79 Å². The van der Waals surface area contributed by atoms with Gasteiger partial charge in [0.15, 0.2) is 0 Å². The summed E-state index contributed by atoms with van der Waals surface area (Å²) in [5.41, 5.74) is 1.28. The van der Waals surface area contributed by atoms with Gasteiger partial charge >= 0.3 is 6.09 Å². The lowest BCUT2D eigenvalue weighted by atomic mass is 9.97. The fraction of sp³-hybridized carbons (Fsp3) is 0.632. The van der Waals surface area contributed by atoms with Crippen LogP contribution in [-0.2, 0) is 11.2 Å². The molecular weight excluding hydrogens is 274 g/mol. The Balaban J connectivity index is 1.49. The number of amides is 1. The number of nitrogens with zero attached hydrogens (tertiary/aromatic N) is 1. The predicted octanol–water partition coefficient (Wildman–Crippen LogP) is 4.72. The van der Waals surface area contributed by atoms with Gasteiger partial charge in [-0.15, -0.1) is 0 Å². The van der Waals surface area contributed by atoms with Crippen molar-refractivity contribution < 1.29 is 9.53 Å². The minimum absolute atomic E-state index is 0.387. The van der Waals surface area contributed by atoms with Gasteiger partial charge in [0.25, 0.3) is 0 Å². The van der Waals surface area contributed by atoms with E-state index >= 15 is 0 Å². The molecule has 1 fully saturated rings. The second kappa shape index (κ2) is 10.3. The summed E-state index contributed by atoms with van der Waals surface area (Å²) in [6.45, 7) is 1.09. The Labute approximate surface area is 134 Å². The molecule has 2 rings (SSSR count). The van der Waals surface area contributed by atoms with E-state index in [2.05, 4.69) is 17.4 Å². The zero-order valence-corrected chi connectivity index (χ0v) is 13.5. The minimum atomic E-state index is -0.387. The Morgan fingerprint density at radius 2 is 1.82 bits per heavy atom. The zero-order chi connectivity index (χ0) is 15.5. The molecule has 1 saturated carbocycles. The molecular formula is C19H28NO2. The first kappa shape index (κ1) is 16.9. The highest BCUT2D eigenvalue weighted by Crippen LogP contribution is 2.24. The van der Waals surface area contributed by atoms with Gasteiger partial charge in [-0.3, -0.25) is 0 Å². The largest absolute Gasteiger partial charge is 0.448 e. The number of rotatable bonds is 7. The lowest BCUT2D eigenvalue weighted by molar-refractivity contribution is 0.143. The second-order valence-electron chi connectivity index (χ2n) is 6.23. The lowest BCUT2D eigenvalue weighted by Crippen LogP contribution is -2.20. The maximum Gasteiger partial charge on any atom is 0.428 e. The van der Waals surface area contributed by atoms with Gasteiger partial charge in [-0.25, -0.2) is 10.1 Å². The first-order valence-corrected chi connectivity index (χ1v) is 8.73. The molecule has 0 unspecified atom stereocenters. The van der Waals surface area contributed by atoms with Crippen molar-refractivity contribution >= 4 is 6.09 Å². The van der Waals surface area contributed by atoms with Crippen LogP contribution in [0.3, 0.4) is 0 Å². The fourth-order valence-electron chi connectivity index (χ4n) is 3.12. The van der Waals surface area contributed by atoms with E-state index in [0.29, 0.717) is 13.2 Å². The second-order valence-corrected chi connectivity index (χ2v) is 6.23. The monoisotopic (exact) mass is 302 g/mol. The smallest absolute Gasteiger partial charge is 0.428 e. The van der Waals surface area contributed by atoms with Gasteiger partial charge < -0.3 is 4.74 Å². The van der Waals surface area contributed by atoms with Crippen LogP contribution in [0, 0.1) is 5.92 Å². The van der Waals surface area contributed by atoms with Crippen LogP contribution in [0.2, 0.25) is 0 Å². The van der Waals surface area contributed by atoms with Crippen LogP contribution in [0.1, 0.15) is 56.9 Å². The topological polar surface area (TPSA) is 40.4 Å². The van der Waals surface area contributed by atoms with Gasteiger partial charge in [0, 0.05) is 6.54 Å². The third kappa shape index (κ3) is 6.97. The summed E-state index contributed by atoms with van der Waals surface area (Å²) < 4.78 is 5.17. The molecule has 1 aliphatic rings. The van der Waals surface area contributed by atoms with Crippen LogP contribution in [0.15, 0.2) is 30.3 Å². The molecule has 3 nitrogen and oxygen atoms in total. The third-order valence-corrected chi connectivity index (χ3v) is 4.43. The molecule has 121 valence electrons. The predicted molar refractivity (Wildman–Crippen MR) is 88.9 cm³/mol. The molecule has 0 saturated heterocycles. The van der Waals surface area contributed by atoms with Crippen LogP contribution < -0.4 is 5.32 Å². The Morgan fingerprint density at radius 1 is 1.09 bits per heavy atom. The van der Waals surface area contributed by atoms with Gasteiger partial charge in [-0.05, 0) is 30.7 Å². The Hall–Kier alpha value is -1.51. The summed E-state index contributed by atoms with van der Waals surface area (Å²) in [6, 6.07) is 10.3. The molecule has 0 heterocycles. The third-order valence-electron chi connectivity index (χ3n) is 4.43. The Morgan fingerprint density at radius 3 is 2.55 bits per heavy atom. The van der Waals surface area contributed by atoms with Crippen molar-refractivity contribution in [2.45, 2.75) is 57.8 Å². The van der Waals surface area contributed by atoms with Crippen LogP contribution >= 0.6 is 0 Å². The van der Waals surface area contributed by atoms with E-state index in [9.17, 15) is 4.79 Å². The number of carbonyl (C=O) groups excluding carboxylic acids is 1. The van der Waals surface area contributed by atoms with Crippen molar-refractivity contribution in [2.75, 3.05) is 13.2 Å². The Bertz CT molecular complexity index is 411. The molecule has 0 aromatic heterocycles. The van der Waals surface area contributed by atoms with Crippen LogP contribution in [-0.4, -0.2) is 19.2 Å². The summed E-state index contributed by atoms with van der Waals surface area (Å²) in [6.07, 6.45) is 10.5. The van der Waals surface area contributed by atoms with Gasteiger partial charge in [0.1, 0.15) is 0 Å². The highest BCUT2D eigenvalue weighted by molar-refractivity contribution is 5.66. The summed E-state index contributed by atoms with van der Waals surface area (Å²) in [7, 11) is 0. The van der Waals surface area contributed by atoms with E-state index in [-0.39, 0.29) is 6.09 Å². The van der Waals surface area contributed by atoms with Crippen molar-refractivity contribution in [2.24, 2.45) is 5.92 Å². The summed E-state index contributed by atoms with van der Waals surface area (Å²) in [5, 5.41) is 4.03. The molecule has 22 heavy (non-hydrogen) atoms. The molecule has 1 aromatic rings. The Kier molecular flexibility index (Phi) is 7.86. The van der Waals surface area contributed by atoms with Gasteiger partial charge in [-0.1, -0.05) is 68.9 Å². The summed E-state index contributed by atoms with van der Waals surface area (Å²) >= 11 is 0. The molecule has 1 amide bonds. The zero-order valence-electron chi connectivity index (χ0n) is 13.5. The van der Waals surface area contributed by atoms with E-state index in [1.54, 1.807) is 0 Å². The van der Waals surface area contributed by atoms with E-state index in [1.165, 1.54) is 44.1 Å². The highest BCUT2D eigenvalue weighted by atomic mass is 16.5. The molecule has 3 heteroatoms. The number of benzene rings is 1. The van der Waals surface area contributed by atoms with Crippen LogP contribution in [0.25, 0.3) is 0 Å². The quantitative estimate of drug-likeness (QED) is 0.540. The summed E-state index contributed by atoms with van der Waals surface area (Å²) in [5.74, 6) is 0.761. The van der Waals surface area contributed by atoms with Crippen molar-refractivity contribution in [3.8, 4) is 0 Å². The number of aryl methyl sites for hydroxylation is 1. The van der Waals surface area contributed by atoms with Crippen molar-refractivity contribution in [3.63, 3.8) is 0 Å². The van der Waals surface area contributed by atoms with Crippen LogP contribution in [0.5, 0.6) is 0 Å². The molecule has 0 spiro atoms. The van der Waals surface area contributed by atoms with Crippen molar-refractivity contribution in [3.05, 3.63) is 35.9 Å². The normalized spacial score (nSPS) is 16.0. The fourth-order valence-corrected chi connectivity index (χ4v) is 3.12. The average Bonchev–Trinajstić information content (AvgIpc) is 2.81.